The fraction of sp³-hybridized carbons (Fsp3) is 0.471. The van der Waals surface area contributed by atoms with Gasteiger partial charge < -0.3 is 9.64 Å². The largest absolute Gasteiger partial charge is 0.492 e. The normalized spacial score (nSPS) is 16.5. The molecule has 2 heterocycles. The molecule has 0 fully saturated rings. The molecule has 1 aromatic carbocycles. The number of fused-ring (bicyclic) bond motifs is 1. The van der Waals surface area contributed by atoms with E-state index in [0.29, 0.717) is 5.02 Å². The Morgan fingerprint density at radius 1 is 1.32 bits per heavy atom. The van der Waals surface area contributed by atoms with Crippen LogP contribution < -0.4 is 4.74 Å². The van der Waals surface area contributed by atoms with Gasteiger partial charge in [0.1, 0.15) is 5.75 Å². The van der Waals surface area contributed by atoms with Crippen molar-refractivity contribution in [1.82, 2.24) is 4.90 Å². The molecular formula is C17H21ClN2OS. The van der Waals surface area contributed by atoms with Crippen LogP contribution in [0, 0.1) is 0 Å². The van der Waals surface area contributed by atoms with Crippen molar-refractivity contribution in [3.63, 3.8) is 0 Å². The highest BCUT2D eigenvalue weighted by molar-refractivity contribution is 8.16. The number of rotatable bonds is 7. The maximum absolute atomic E-state index is 6.38. The molecule has 2 aliphatic heterocycles. The monoisotopic (exact) mass is 336 g/mol. The van der Waals surface area contributed by atoms with Gasteiger partial charge in [0.25, 0.3) is 0 Å². The van der Waals surface area contributed by atoms with E-state index >= 15 is 0 Å². The molecule has 118 valence electrons. The summed E-state index contributed by atoms with van der Waals surface area (Å²) in [5.74, 6) is 0.781. The van der Waals surface area contributed by atoms with E-state index in [-0.39, 0.29) is 0 Å². The van der Waals surface area contributed by atoms with Crippen LogP contribution in [0.3, 0.4) is 0 Å². The van der Waals surface area contributed by atoms with Crippen LogP contribution in [0.4, 0.5) is 0 Å². The Morgan fingerprint density at radius 3 is 3.05 bits per heavy atom. The average molecular weight is 337 g/mol. The minimum Gasteiger partial charge on any atom is -0.492 e. The van der Waals surface area contributed by atoms with Gasteiger partial charge in [-0.25, -0.2) is 0 Å². The molecular weight excluding hydrogens is 316 g/mol. The number of hydrogen-bond acceptors (Lipinski definition) is 4. The van der Waals surface area contributed by atoms with E-state index in [9.17, 15) is 0 Å². The molecule has 5 heteroatoms. The standard InChI is InChI=1S/C17H21ClN2OS/c1-2-3-4-5-10-21-16-7-6-13(11-14(16)18)15-12-22-17-19-8-9-20(15)17/h6-7,11-12H,2-5,8-10H2,1H3. The van der Waals surface area contributed by atoms with Crippen molar-refractivity contribution in [3.05, 3.63) is 34.2 Å². The van der Waals surface area contributed by atoms with E-state index in [4.69, 9.17) is 16.3 Å². The van der Waals surface area contributed by atoms with Gasteiger partial charge in [0.2, 0.25) is 0 Å². The highest BCUT2D eigenvalue weighted by Gasteiger charge is 2.27. The number of nitrogens with zero attached hydrogens (tertiary/aromatic N) is 2. The van der Waals surface area contributed by atoms with Crippen molar-refractivity contribution < 1.29 is 4.74 Å². The number of amidine groups is 1. The van der Waals surface area contributed by atoms with Gasteiger partial charge in [0.05, 0.1) is 23.9 Å². The molecule has 1 aromatic rings. The second-order valence-corrected chi connectivity index (χ2v) is 6.73. The molecule has 0 amide bonds. The van der Waals surface area contributed by atoms with E-state index in [2.05, 4.69) is 28.3 Å². The number of halogens is 1. The summed E-state index contributed by atoms with van der Waals surface area (Å²) in [6.07, 6.45) is 4.81. The van der Waals surface area contributed by atoms with Gasteiger partial charge in [-0.3, -0.25) is 4.99 Å². The fourth-order valence-corrected chi connectivity index (χ4v) is 3.83. The van der Waals surface area contributed by atoms with Gasteiger partial charge in [-0.2, -0.15) is 0 Å². The van der Waals surface area contributed by atoms with Crippen LogP contribution in [0.1, 0.15) is 38.2 Å². The molecule has 0 aromatic heterocycles. The Balaban J connectivity index is 1.61. The van der Waals surface area contributed by atoms with Crippen molar-refractivity contribution in [2.75, 3.05) is 19.7 Å². The molecule has 0 atom stereocenters. The topological polar surface area (TPSA) is 24.8 Å². The Labute approximate surface area is 141 Å². The van der Waals surface area contributed by atoms with Gasteiger partial charge in [0.15, 0.2) is 5.17 Å². The highest BCUT2D eigenvalue weighted by Crippen LogP contribution is 2.37. The zero-order valence-corrected chi connectivity index (χ0v) is 14.4. The highest BCUT2D eigenvalue weighted by atomic mass is 35.5. The lowest BCUT2D eigenvalue weighted by Gasteiger charge is -2.17. The summed E-state index contributed by atoms with van der Waals surface area (Å²) >= 11 is 8.07. The maximum Gasteiger partial charge on any atom is 0.168 e. The number of aliphatic imine (C=N–C) groups is 1. The summed E-state index contributed by atoms with van der Waals surface area (Å²) in [5.41, 5.74) is 2.32. The summed E-state index contributed by atoms with van der Waals surface area (Å²) in [4.78, 5) is 6.73. The zero-order valence-electron chi connectivity index (χ0n) is 12.8. The van der Waals surface area contributed by atoms with Gasteiger partial charge in [-0.1, -0.05) is 49.5 Å². The second-order valence-electron chi connectivity index (χ2n) is 5.49. The quantitative estimate of drug-likeness (QED) is 0.654. The third-order valence-electron chi connectivity index (χ3n) is 3.85. The number of thioether (sulfide) groups is 1. The van der Waals surface area contributed by atoms with Crippen molar-refractivity contribution in [3.8, 4) is 5.75 Å². The number of unbranched alkanes of at least 4 members (excludes halogenated alkanes) is 3. The van der Waals surface area contributed by atoms with Crippen LogP contribution in [0.25, 0.3) is 5.70 Å². The molecule has 3 rings (SSSR count). The summed E-state index contributed by atoms with van der Waals surface area (Å²) < 4.78 is 5.79. The Hall–Kier alpha value is -1.13. The predicted molar refractivity (Wildman–Crippen MR) is 95.7 cm³/mol. The molecule has 0 N–H and O–H groups in total. The molecule has 0 spiro atoms. The minimum atomic E-state index is 0.684. The molecule has 0 saturated carbocycles. The smallest absolute Gasteiger partial charge is 0.168 e. The van der Waals surface area contributed by atoms with Crippen LogP contribution in [0.2, 0.25) is 5.02 Å². The van der Waals surface area contributed by atoms with Crippen molar-refractivity contribution >= 4 is 34.2 Å². The summed E-state index contributed by atoms with van der Waals surface area (Å²) in [5, 5.41) is 3.93. The van der Waals surface area contributed by atoms with Gasteiger partial charge >= 0.3 is 0 Å². The van der Waals surface area contributed by atoms with Crippen molar-refractivity contribution in [2.24, 2.45) is 4.99 Å². The molecule has 3 nitrogen and oxygen atoms in total. The Kier molecular flexibility index (Phi) is 5.32. The first-order valence-electron chi connectivity index (χ1n) is 7.91. The van der Waals surface area contributed by atoms with Crippen LogP contribution in [-0.4, -0.2) is 29.8 Å². The summed E-state index contributed by atoms with van der Waals surface area (Å²) in [7, 11) is 0. The average Bonchev–Trinajstić information content (AvgIpc) is 3.11. The SMILES string of the molecule is CCCCCCOc1ccc(C2=CSC3=NCCN23)cc1Cl. The number of benzene rings is 1. The first-order valence-corrected chi connectivity index (χ1v) is 9.17. The van der Waals surface area contributed by atoms with Gasteiger partial charge in [-0.05, 0) is 24.6 Å². The fourth-order valence-electron chi connectivity index (χ4n) is 2.64. The first-order chi connectivity index (χ1) is 10.8. The summed E-state index contributed by atoms with van der Waals surface area (Å²) in [6, 6.07) is 6.06. The molecule has 0 bridgehead atoms. The second kappa shape index (κ2) is 7.42. The van der Waals surface area contributed by atoms with Crippen LogP contribution in [0.5, 0.6) is 5.75 Å². The van der Waals surface area contributed by atoms with E-state index in [1.807, 2.05) is 12.1 Å². The zero-order chi connectivity index (χ0) is 15.4. The van der Waals surface area contributed by atoms with Crippen LogP contribution in [-0.2, 0) is 0 Å². The third kappa shape index (κ3) is 3.44. The molecule has 2 aliphatic rings. The number of hydrogen-bond donors (Lipinski definition) is 0. The lowest BCUT2D eigenvalue weighted by molar-refractivity contribution is 0.305. The predicted octanol–water partition coefficient (Wildman–Crippen LogP) is 5.02. The van der Waals surface area contributed by atoms with E-state index in [0.717, 1.165) is 42.6 Å². The minimum absolute atomic E-state index is 0.684. The van der Waals surface area contributed by atoms with Gasteiger partial charge in [-0.15, -0.1) is 0 Å². The molecule has 22 heavy (non-hydrogen) atoms. The molecule has 0 unspecified atom stereocenters. The van der Waals surface area contributed by atoms with Crippen LogP contribution >= 0.6 is 23.4 Å². The van der Waals surface area contributed by atoms with Crippen molar-refractivity contribution in [1.29, 1.82) is 0 Å². The third-order valence-corrected chi connectivity index (χ3v) is 5.05. The van der Waals surface area contributed by atoms with E-state index < -0.39 is 0 Å². The van der Waals surface area contributed by atoms with E-state index in [1.54, 1.807) is 11.8 Å². The molecule has 0 saturated heterocycles. The lowest BCUT2D eigenvalue weighted by atomic mass is 10.1. The van der Waals surface area contributed by atoms with Crippen LogP contribution in [0.15, 0.2) is 28.6 Å². The lowest BCUT2D eigenvalue weighted by Crippen LogP contribution is -2.19. The molecule has 0 radical (unpaired) electrons. The summed E-state index contributed by atoms with van der Waals surface area (Å²) in [6.45, 7) is 4.79. The van der Waals surface area contributed by atoms with E-state index in [1.165, 1.54) is 25.0 Å². The van der Waals surface area contributed by atoms with Crippen molar-refractivity contribution in [2.45, 2.75) is 32.6 Å². The maximum atomic E-state index is 6.38. The Morgan fingerprint density at radius 2 is 2.23 bits per heavy atom. The molecule has 0 aliphatic carbocycles. The first kappa shape index (κ1) is 15.8. The Bertz CT molecular complexity index is 600. The van der Waals surface area contributed by atoms with Gasteiger partial charge in [0, 0.05) is 17.5 Å². The number of ether oxygens (including phenoxy) is 1.